The number of rotatable bonds is 3. The highest BCUT2D eigenvalue weighted by Gasteiger charge is 2.25. The van der Waals surface area contributed by atoms with Gasteiger partial charge < -0.3 is 9.64 Å². The molecule has 0 saturated heterocycles. The third-order valence-corrected chi connectivity index (χ3v) is 1.91. The van der Waals surface area contributed by atoms with Crippen LogP contribution in [0.4, 0.5) is 10.2 Å². The van der Waals surface area contributed by atoms with Gasteiger partial charge in [0.15, 0.2) is 11.6 Å². The van der Waals surface area contributed by atoms with Crippen molar-refractivity contribution in [3.05, 3.63) is 12.0 Å². The smallest absolute Gasteiger partial charge is 0.326 e. The molecule has 1 rings (SSSR count). The Morgan fingerprint density at radius 3 is 2.63 bits per heavy atom. The highest BCUT2D eigenvalue weighted by molar-refractivity contribution is 5.77. The lowest BCUT2D eigenvalue weighted by Gasteiger charge is -2.15. The number of hydrogen-bond donors (Lipinski definition) is 0. The standard InChI is InChI=1S/C12H17FN4O2/c1-12(2,3)10(18)19-11-14-6-8(13)9(16-11)15-7-17(4)5/h6-7H,1-5H3. The summed E-state index contributed by atoms with van der Waals surface area (Å²) >= 11 is 0. The number of carbonyl (C=O) groups excluding carboxylic acids is 1. The van der Waals surface area contributed by atoms with Crippen LogP contribution in [0.2, 0.25) is 0 Å². The fraction of sp³-hybridized carbons (Fsp3) is 0.500. The van der Waals surface area contributed by atoms with Gasteiger partial charge in [0.1, 0.15) is 0 Å². The molecule has 0 saturated carbocycles. The number of halogens is 1. The number of nitrogens with zero attached hydrogens (tertiary/aromatic N) is 4. The average Bonchev–Trinajstić information content (AvgIpc) is 2.28. The molecule has 7 heteroatoms. The maximum Gasteiger partial charge on any atom is 0.326 e. The summed E-state index contributed by atoms with van der Waals surface area (Å²) in [4.78, 5) is 24.4. The number of aromatic nitrogens is 2. The summed E-state index contributed by atoms with van der Waals surface area (Å²) in [6.07, 6.45) is 2.31. The summed E-state index contributed by atoms with van der Waals surface area (Å²) in [6, 6.07) is -0.216. The molecule has 0 amide bonds. The lowest BCUT2D eigenvalue weighted by Crippen LogP contribution is -2.26. The van der Waals surface area contributed by atoms with Crippen LogP contribution in [0.15, 0.2) is 11.2 Å². The zero-order chi connectivity index (χ0) is 14.6. The first-order valence-electron chi connectivity index (χ1n) is 5.65. The van der Waals surface area contributed by atoms with Crippen molar-refractivity contribution in [3.8, 4) is 6.01 Å². The normalized spacial score (nSPS) is 11.7. The Morgan fingerprint density at radius 2 is 2.11 bits per heavy atom. The van der Waals surface area contributed by atoms with Crippen LogP contribution in [0.3, 0.4) is 0 Å². The average molecular weight is 268 g/mol. The molecule has 0 fully saturated rings. The molecule has 1 aromatic rings. The van der Waals surface area contributed by atoms with Gasteiger partial charge in [0.2, 0.25) is 0 Å². The topological polar surface area (TPSA) is 67.7 Å². The predicted octanol–water partition coefficient (Wildman–Crippen LogP) is 1.79. The molecule has 0 radical (unpaired) electrons. The minimum Gasteiger partial charge on any atom is -0.390 e. The minimum absolute atomic E-state index is 0.180. The van der Waals surface area contributed by atoms with Gasteiger partial charge in [-0.15, -0.1) is 0 Å². The lowest BCUT2D eigenvalue weighted by molar-refractivity contribution is -0.143. The fourth-order valence-electron chi connectivity index (χ4n) is 0.888. The Morgan fingerprint density at radius 1 is 1.47 bits per heavy atom. The van der Waals surface area contributed by atoms with Gasteiger partial charge in [-0.05, 0) is 20.8 Å². The van der Waals surface area contributed by atoms with Crippen LogP contribution in [-0.4, -0.2) is 41.3 Å². The quantitative estimate of drug-likeness (QED) is 0.475. The van der Waals surface area contributed by atoms with Gasteiger partial charge in [0, 0.05) is 14.1 Å². The molecule has 0 bridgehead atoms. The van der Waals surface area contributed by atoms with E-state index >= 15 is 0 Å². The Kier molecular flexibility index (Phi) is 4.52. The summed E-state index contributed by atoms with van der Waals surface area (Å²) < 4.78 is 18.4. The minimum atomic E-state index is -0.690. The van der Waals surface area contributed by atoms with Crippen molar-refractivity contribution in [2.75, 3.05) is 14.1 Å². The van der Waals surface area contributed by atoms with Crippen LogP contribution >= 0.6 is 0 Å². The molecule has 0 atom stereocenters. The van der Waals surface area contributed by atoms with E-state index in [0.29, 0.717) is 0 Å². The van der Waals surface area contributed by atoms with E-state index in [-0.39, 0.29) is 11.8 Å². The highest BCUT2D eigenvalue weighted by Crippen LogP contribution is 2.20. The molecule has 0 spiro atoms. The molecule has 1 aromatic heterocycles. The van der Waals surface area contributed by atoms with Crippen molar-refractivity contribution in [1.29, 1.82) is 0 Å². The molecule has 6 nitrogen and oxygen atoms in total. The Hall–Kier alpha value is -2.05. The van der Waals surface area contributed by atoms with Crippen LogP contribution in [0.1, 0.15) is 20.8 Å². The van der Waals surface area contributed by atoms with E-state index in [1.807, 2.05) is 0 Å². The Balaban J connectivity index is 2.94. The van der Waals surface area contributed by atoms with Gasteiger partial charge in [-0.3, -0.25) is 4.79 Å². The van der Waals surface area contributed by atoms with E-state index in [1.54, 1.807) is 39.8 Å². The molecule has 0 aromatic carbocycles. The molecular formula is C12H17FN4O2. The third-order valence-electron chi connectivity index (χ3n) is 1.91. The molecule has 0 aliphatic rings. The summed E-state index contributed by atoms with van der Waals surface area (Å²) in [5.74, 6) is -1.37. The van der Waals surface area contributed by atoms with Crippen molar-refractivity contribution in [3.63, 3.8) is 0 Å². The molecule has 0 unspecified atom stereocenters. The second-order valence-corrected chi connectivity index (χ2v) is 5.17. The van der Waals surface area contributed by atoms with Gasteiger partial charge in [-0.1, -0.05) is 0 Å². The SMILES string of the molecule is CN(C)C=Nc1nc(OC(=O)C(C)(C)C)ncc1F. The third kappa shape index (κ3) is 4.61. The number of ether oxygens (including phenoxy) is 1. The first kappa shape index (κ1) is 15.0. The second-order valence-electron chi connectivity index (χ2n) is 5.17. The molecule has 1 heterocycles. The number of carbonyl (C=O) groups is 1. The Bertz CT molecular complexity index is 495. The Labute approximate surface area is 111 Å². The molecule has 0 aliphatic carbocycles. The summed E-state index contributed by atoms with van der Waals surface area (Å²) in [7, 11) is 3.48. The van der Waals surface area contributed by atoms with Crippen molar-refractivity contribution in [2.45, 2.75) is 20.8 Å². The van der Waals surface area contributed by atoms with Gasteiger partial charge in [0.25, 0.3) is 0 Å². The van der Waals surface area contributed by atoms with Gasteiger partial charge in [0.05, 0.1) is 18.0 Å². The van der Waals surface area contributed by atoms with Crippen molar-refractivity contribution in [1.82, 2.24) is 14.9 Å². The van der Waals surface area contributed by atoms with Gasteiger partial charge >= 0.3 is 12.0 Å². The summed E-state index contributed by atoms with van der Waals surface area (Å²) in [5, 5.41) is 0. The zero-order valence-electron chi connectivity index (χ0n) is 11.6. The zero-order valence-corrected chi connectivity index (χ0v) is 11.6. The largest absolute Gasteiger partial charge is 0.390 e. The first-order chi connectivity index (χ1) is 8.70. The molecule has 0 N–H and O–H groups in total. The van der Waals surface area contributed by atoms with E-state index in [1.165, 1.54) is 6.34 Å². The van der Waals surface area contributed by atoms with Gasteiger partial charge in [-0.25, -0.2) is 14.4 Å². The van der Waals surface area contributed by atoms with E-state index in [9.17, 15) is 9.18 Å². The van der Waals surface area contributed by atoms with Crippen LogP contribution in [0, 0.1) is 11.2 Å². The second kappa shape index (κ2) is 5.73. The van der Waals surface area contributed by atoms with Crippen molar-refractivity contribution in [2.24, 2.45) is 10.4 Å². The highest BCUT2D eigenvalue weighted by atomic mass is 19.1. The number of aliphatic imine (C=N–C) groups is 1. The van der Waals surface area contributed by atoms with E-state index < -0.39 is 17.2 Å². The fourth-order valence-corrected chi connectivity index (χ4v) is 0.888. The van der Waals surface area contributed by atoms with Crippen LogP contribution < -0.4 is 4.74 Å². The maximum absolute atomic E-state index is 13.4. The number of hydrogen-bond acceptors (Lipinski definition) is 5. The monoisotopic (exact) mass is 268 g/mol. The molecule has 19 heavy (non-hydrogen) atoms. The van der Waals surface area contributed by atoms with Crippen molar-refractivity contribution < 1.29 is 13.9 Å². The maximum atomic E-state index is 13.4. The van der Waals surface area contributed by atoms with E-state index in [2.05, 4.69) is 15.0 Å². The van der Waals surface area contributed by atoms with Crippen LogP contribution in [-0.2, 0) is 4.79 Å². The van der Waals surface area contributed by atoms with Crippen LogP contribution in [0.25, 0.3) is 0 Å². The van der Waals surface area contributed by atoms with E-state index in [4.69, 9.17) is 4.74 Å². The van der Waals surface area contributed by atoms with Gasteiger partial charge in [-0.2, -0.15) is 4.98 Å². The summed E-state index contributed by atoms with van der Waals surface area (Å²) in [6.45, 7) is 5.10. The lowest BCUT2D eigenvalue weighted by atomic mass is 9.98. The van der Waals surface area contributed by atoms with Crippen LogP contribution in [0.5, 0.6) is 6.01 Å². The predicted molar refractivity (Wildman–Crippen MR) is 68.9 cm³/mol. The number of esters is 1. The molecular weight excluding hydrogens is 251 g/mol. The molecule has 104 valence electrons. The first-order valence-corrected chi connectivity index (χ1v) is 5.65. The summed E-state index contributed by atoms with van der Waals surface area (Å²) in [5.41, 5.74) is -0.690. The van der Waals surface area contributed by atoms with E-state index in [0.717, 1.165) is 6.20 Å². The molecule has 0 aliphatic heterocycles. The van der Waals surface area contributed by atoms with Crippen molar-refractivity contribution >= 4 is 18.1 Å².